The Kier molecular flexibility index (Phi) is 16.0. The smallest absolute Gasteiger partial charge is 0.314 e. The molecule has 0 radical (unpaired) electrons. The van der Waals surface area contributed by atoms with Gasteiger partial charge < -0.3 is 33.9 Å². The van der Waals surface area contributed by atoms with Gasteiger partial charge in [0.15, 0.2) is 0 Å². The van der Waals surface area contributed by atoms with Crippen LogP contribution in [0.4, 0.5) is 0 Å². The highest BCUT2D eigenvalue weighted by Gasteiger charge is 2.27. The van der Waals surface area contributed by atoms with Gasteiger partial charge in [-0.1, -0.05) is 25.8 Å². The molecule has 8 heteroatoms. The van der Waals surface area contributed by atoms with E-state index in [-0.39, 0.29) is 17.8 Å². The molecule has 0 aromatic heterocycles. The molecule has 0 aliphatic heterocycles. The number of carbonyl (C=O) groups excluding carboxylic acids is 2. The summed E-state index contributed by atoms with van der Waals surface area (Å²) in [5, 5.41) is 7.48. The first-order chi connectivity index (χ1) is 21.5. The molecule has 8 nitrogen and oxygen atoms in total. The molecule has 2 aliphatic carbocycles. The summed E-state index contributed by atoms with van der Waals surface area (Å²) in [5.74, 6) is 3.39. The number of ether oxygens (including phenoxy) is 5. The fraction of sp³-hybridized carbons (Fsp3) is 0.583. The Labute approximate surface area is 263 Å². The van der Waals surface area contributed by atoms with Gasteiger partial charge in [0.05, 0.1) is 32.8 Å². The summed E-state index contributed by atoms with van der Waals surface area (Å²) in [6, 6.07) is 13.3. The van der Waals surface area contributed by atoms with E-state index in [1.165, 1.54) is 50.3 Å². The van der Waals surface area contributed by atoms with Crippen molar-refractivity contribution in [3.05, 3.63) is 53.6 Å². The Balaban J connectivity index is 0.000000249. The lowest BCUT2D eigenvalue weighted by Gasteiger charge is -2.29. The number of hydrogen-bond acceptors (Lipinski definition) is 8. The highest BCUT2D eigenvalue weighted by atomic mass is 16.5. The Bertz CT molecular complexity index is 1120. The van der Waals surface area contributed by atoms with Crippen LogP contribution < -0.4 is 14.2 Å². The van der Waals surface area contributed by atoms with Crippen molar-refractivity contribution >= 4 is 18.5 Å². The Morgan fingerprint density at radius 3 is 2.16 bits per heavy atom. The molecule has 0 bridgehead atoms. The van der Waals surface area contributed by atoms with Gasteiger partial charge in [0.2, 0.25) is 0 Å². The van der Waals surface area contributed by atoms with Crippen molar-refractivity contribution < 1.29 is 33.3 Å². The highest BCUT2D eigenvalue weighted by molar-refractivity contribution is 5.81. The molecule has 0 amide bonds. The third-order valence-electron chi connectivity index (χ3n) is 8.69. The van der Waals surface area contributed by atoms with Crippen LogP contribution in [0, 0.1) is 23.2 Å². The van der Waals surface area contributed by atoms with Crippen LogP contribution in [0.25, 0.3) is 0 Å². The van der Waals surface area contributed by atoms with Crippen LogP contribution in [0.3, 0.4) is 0 Å². The molecule has 0 spiro atoms. The minimum Gasteiger partial charge on any atom is -0.496 e. The first-order valence-corrected chi connectivity index (χ1v) is 16.2. The quantitative estimate of drug-likeness (QED) is 0.0737. The molecule has 2 aliphatic rings. The Morgan fingerprint density at radius 2 is 1.55 bits per heavy atom. The van der Waals surface area contributed by atoms with E-state index in [2.05, 4.69) is 19.1 Å². The molecule has 2 aromatic rings. The maximum absolute atomic E-state index is 12.2. The molecule has 1 N–H and O–H groups in total. The number of methoxy groups -OCH3 is 2. The lowest BCUT2D eigenvalue weighted by atomic mass is 9.77. The van der Waals surface area contributed by atoms with Crippen LogP contribution in [0.15, 0.2) is 42.5 Å². The molecule has 242 valence electrons. The molecule has 0 heterocycles. The van der Waals surface area contributed by atoms with Crippen molar-refractivity contribution in [1.82, 2.24) is 0 Å². The van der Waals surface area contributed by atoms with Gasteiger partial charge in [-0.25, -0.2) is 0 Å². The van der Waals surface area contributed by atoms with Crippen LogP contribution in [0.1, 0.15) is 88.2 Å². The third-order valence-corrected chi connectivity index (χ3v) is 8.69. The van der Waals surface area contributed by atoms with Crippen LogP contribution in [0.5, 0.6) is 17.2 Å². The Morgan fingerprint density at radius 1 is 0.864 bits per heavy atom. The monoisotopic (exact) mass is 609 g/mol. The van der Waals surface area contributed by atoms with E-state index in [1.807, 2.05) is 6.07 Å². The number of nitrogens with one attached hydrogen (secondary N) is 1. The minimum absolute atomic E-state index is 0.0963. The van der Waals surface area contributed by atoms with E-state index in [0.717, 1.165) is 36.4 Å². The van der Waals surface area contributed by atoms with E-state index in [1.54, 1.807) is 38.5 Å². The fourth-order valence-corrected chi connectivity index (χ4v) is 6.07. The van der Waals surface area contributed by atoms with E-state index in [9.17, 15) is 9.59 Å². The molecular weight excluding hydrogens is 558 g/mol. The van der Waals surface area contributed by atoms with Crippen molar-refractivity contribution in [2.45, 2.75) is 77.0 Å². The maximum Gasteiger partial charge on any atom is 0.314 e. The van der Waals surface area contributed by atoms with E-state index in [4.69, 9.17) is 29.1 Å². The normalized spacial score (nSPS) is 21.3. The standard InChI is InChI=1S/C19H26O6.C17H25NO/c1-22-10-11-23-12-13-24-17-6-8-18(9-7-17)25-19(21)16-4-2-15(14-20)3-5-16;1-3-4-13-5-7-14(8-6-13)15-9-10-17(19-2)16(11-15)12-18/h6-9,14-16H,2-5,10-13H2,1H3;9-14,18H,3-8H2,1-2H3. The molecule has 44 heavy (non-hydrogen) atoms. The van der Waals surface area contributed by atoms with Crippen molar-refractivity contribution in [2.75, 3.05) is 40.6 Å². The number of benzene rings is 2. The van der Waals surface area contributed by atoms with Crippen molar-refractivity contribution in [2.24, 2.45) is 17.8 Å². The summed E-state index contributed by atoms with van der Waals surface area (Å²) in [4.78, 5) is 22.9. The summed E-state index contributed by atoms with van der Waals surface area (Å²) in [5.41, 5.74) is 2.28. The van der Waals surface area contributed by atoms with Crippen LogP contribution in [-0.2, 0) is 19.1 Å². The van der Waals surface area contributed by atoms with Crippen molar-refractivity contribution in [3.8, 4) is 17.2 Å². The first-order valence-electron chi connectivity index (χ1n) is 16.2. The van der Waals surface area contributed by atoms with Gasteiger partial charge >= 0.3 is 5.97 Å². The molecule has 0 atom stereocenters. The van der Waals surface area contributed by atoms with Crippen molar-refractivity contribution in [3.63, 3.8) is 0 Å². The van der Waals surface area contributed by atoms with E-state index >= 15 is 0 Å². The average molecular weight is 610 g/mol. The molecule has 0 saturated heterocycles. The predicted molar refractivity (Wildman–Crippen MR) is 172 cm³/mol. The molecule has 2 saturated carbocycles. The fourth-order valence-electron chi connectivity index (χ4n) is 6.07. The molecule has 0 unspecified atom stereocenters. The van der Waals surface area contributed by atoms with Gasteiger partial charge in [-0.3, -0.25) is 4.79 Å². The van der Waals surface area contributed by atoms with Crippen LogP contribution >= 0.6 is 0 Å². The van der Waals surface area contributed by atoms with Crippen LogP contribution in [0.2, 0.25) is 0 Å². The lowest BCUT2D eigenvalue weighted by Crippen LogP contribution is -2.26. The molecular formula is C36H51NO7. The second-order valence-corrected chi connectivity index (χ2v) is 11.7. The van der Waals surface area contributed by atoms with Crippen molar-refractivity contribution in [1.29, 1.82) is 5.41 Å². The SMILES string of the molecule is CCCC1CCC(c2ccc(OC)c(C=N)c2)CC1.COCCOCCOc1ccc(OC(=O)C2CCC(C=O)CC2)cc1. The van der Waals surface area contributed by atoms with Gasteiger partial charge in [-0.2, -0.15) is 0 Å². The third kappa shape index (κ3) is 11.7. The van der Waals surface area contributed by atoms with Gasteiger partial charge in [-0.15, -0.1) is 0 Å². The number of esters is 1. The molecule has 4 rings (SSSR count). The summed E-state index contributed by atoms with van der Waals surface area (Å²) < 4.78 is 26.4. The zero-order chi connectivity index (χ0) is 31.6. The number of aldehydes is 1. The van der Waals surface area contributed by atoms with Crippen LogP contribution in [-0.4, -0.2) is 59.1 Å². The summed E-state index contributed by atoms with van der Waals surface area (Å²) in [7, 11) is 3.29. The van der Waals surface area contributed by atoms with E-state index < -0.39 is 0 Å². The van der Waals surface area contributed by atoms with Gasteiger partial charge in [0.1, 0.15) is 30.1 Å². The number of hydrogen-bond donors (Lipinski definition) is 1. The second-order valence-electron chi connectivity index (χ2n) is 11.7. The first kappa shape index (κ1) is 35.3. The predicted octanol–water partition coefficient (Wildman–Crippen LogP) is 7.41. The number of rotatable bonds is 15. The van der Waals surface area contributed by atoms with Gasteiger partial charge in [0, 0.05) is 24.8 Å². The largest absolute Gasteiger partial charge is 0.496 e. The van der Waals surface area contributed by atoms with Gasteiger partial charge in [0.25, 0.3) is 0 Å². The lowest BCUT2D eigenvalue weighted by molar-refractivity contribution is -0.140. The van der Waals surface area contributed by atoms with E-state index in [0.29, 0.717) is 56.7 Å². The summed E-state index contributed by atoms with van der Waals surface area (Å²) in [6.45, 7) is 4.33. The number of carbonyl (C=O) groups is 2. The summed E-state index contributed by atoms with van der Waals surface area (Å²) >= 11 is 0. The Hall–Kier alpha value is -3.23. The van der Waals surface area contributed by atoms with Gasteiger partial charge in [-0.05, 0) is 105 Å². The minimum atomic E-state index is -0.218. The molecule has 2 aromatic carbocycles. The zero-order valence-corrected chi connectivity index (χ0v) is 26.8. The zero-order valence-electron chi connectivity index (χ0n) is 26.8. The second kappa shape index (κ2) is 19.9. The maximum atomic E-state index is 12.2. The average Bonchev–Trinajstić information content (AvgIpc) is 3.07. The highest BCUT2D eigenvalue weighted by Crippen LogP contribution is 2.38. The topological polar surface area (TPSA) is 104 Å². The summed E-state index contributed by atoms with van der Waals surface area (Å²) in [6.07, 6.45) is 13.4. The molecule has 2 fully saturated rings.